The molecule has 2 N–H and O–H groups in total. The van der Waals surface area contributed by atoms with Crippen molar-refractivity contribution in [3.05, 3.63) is 96.2 Å². The molecule has 0 fully saturated rings. The van der Waals surface area contributed by atoms with Crippen molar-refractivity contribution in [2.75, 3.05) is 5.32 Å². The molecule has 0 atom stereocenters. The van der Waals surface area contributed by atoms with Gasteiger partial charge in [0.15, 0.2) is 0 Å². The molecule has 0 saturated heterocycles. The zero-order valence-corrected chi connectivity index (χ0v) is 15.8. The second-order valence-electron chi connectivity index (χ2n) is 5.90. The van der Waals surface area contributed by atoms with Crippen LogP contribution in [0.1, 0.15) is 21.5 Å². The second-order valence-corrected chi connectivity index (χ2v) is 6.75. The Kier molecular flexibility index (Phi) is 5.48. The lowest BCUT2D eigenvalue weighted by atomic mass is 10.2. The van der Waals surface area contributed by atoms with Gasteiger partial charge in [-0.1, -0.05) is 47.5 Å². The lowest BCUT2D eigenvalue weighted by molar-refractivity contribution is 0.102. The third kappa shape index (κ3) is 4.13. The van der Waals surface area contributed by atoms with E-state index in [9.17, 15) is 14.4 Å². The quantitative estimate of drug-likeness (QED) is 0.699. The molecule has 8 heteroatoms. The van der Waals surface area contributed by atoms with E-state index in [4.69, 9.17) is 23.2 Å². The summed E-state index contributed by atoms with van der Waals surface area (Å²) >= 11 is 12.1. The van der Waals surface area contributed by atoms with Crippen LogP contribution in [-0.2, 0) is 6.54 Å². The summed E-state index contributed by atoms with van der Waals surface area (Å²) in [6.45, 7) is 1.75. The van der Waals surface area contributed by atoms with Crippen LogP contribution in [0.15, 0.2) is 58.3 Å². The number of H-pyrrole nitrogens is 1. The molecule has 27 heavy (non-hydrogen) atoms. The molecule has 0 aliphatic rings. The molecular weight excluding hydrogens is 389 g/mol. The van der Waals surface area contributed by atoms with Crippen LogP contribution in [0.5, 0.6) is 0 Å². The summed E-state index contributed by atoms with van der Waals surface area (Å²) in [5.74, 6) is -0.644. The van der Waals surface area contributed by atoms with Crippen molar-refractivity contribution >= 4 is 34.8 Å². The first-order chi connectivity index (χ1) is 12.9. The van der Waals surface area contributed by atoms with E-state index in [0.717, 1.165) is 16.3 Å². The largest absolute Gasteiger partial charge is 0.328 e. The van der Waals surface area contributed by atoms with E-state index in [1.165, 1.54) is 0 Å². The standard InChI is InChI=1S/C19H15Cl2N3O3/c1-11-6-7-13(20)8-16(11)23-17(25)14-9-22-19(27)24(18(14)26)10-12-4-2-3-5-15(12)21/h2-9H,10H2,1H3,(H,22,27)(H,23,25). The minimum atomic E-state index is -0.712. The summed E-state index contributed by atoms with van der Waals surface area (Å²) in [5.41, 5.74) is 0.326. The average molecular weight is 404 g/mol. The van der Waals surface area contributed by atoms with Crippen LogP contribution in [-0.4, -0.2) is 15.5 Å². The first-order valence-electron chi connectivity index (χ1n) is 8.00. The zero-order valence-electron chi connectivity index (χ0n) is 14.3. The first-order valence-corrected chi connectivity index (χ1v) is 8.76. The number of nitrogens with one attached hydrogen (secondary N) is 2. The van der Waals surface area contributed by atoms with Crippen LogP contribution < -0.4 is 16.6 Å². The molecule has 6 nitrogen and oxygen atoms in total. The minimum Gasteiger partial charge on any atom is -0.321 e. The highest BCUT2D eigenvalue weighted by Gasteiger charge is 2.16. The summed E-state index contributed by atoms with van der Waals surface area (Å²) in [4.78, 5) is 39.8. The topological polar surface area (TPSA) is 84.0 Å². The Balaban J connectivity index is 1.96. The highest BCUT2D eigenvalue weighted by atomic mass is 35.5. The van der Waals surface area contributed by atoms with Gasteiger partial charge in [0.25, 0.3) is 11.5 Å². The predicted octanol–water partition coefficient (Wildman–Crippen LogP) is 3.45. The van der Waals surface area contributed by atoms with Crippen LogP contribution in [0, 0.1) is 6.92 Å². The highest BCUT2D eigenvalue weighted by molar-refractivity contribution is 6.31. The Morgan fingerprint density at radius 3 is 2.63 bits per heavy atom. The van der Waals surface area contributed by atoms with E-state index in [-0.39, 0.29) is 12.1 Å². The fourth-order valence-electron chi connectivity index (χ4n) is 2.53. The van der Waals surface area contributed by atoms with Crippen LogP contribution in [0.25, 0.3) is 0 Å². The Hall–Kier alpha value is -2.83. The number of benzene rings is 2. The van der Waals surface area contributed by atoms with Gasteiger partial charge in [0.1, 0.15) is 5.56 Å². The van der Waals surface area contributed by atoms with Crippen LogP contribution >= 0.6 is 23.2 Å². The van der Waals surface area contributed by atoms with Crippen molar-refractivity contribution in [2.24, 2.45) is 0 Å². The number of aromatic amines is 1. The van der Waals surface area contributed by atoms with Gasteiger partial charge in [-0.05, 0) is 36.2 Å². The van der Waals surface area contributed by atoms with Gasteiger partial charge in [0.2, 0.25) is 0 Å². The monoisotopic (exact) mass is 403 g/mol. The summed E-state index contributed by atoms with van der Waals surface area (Å²) < 4.78 is 0.932. The van der Waals surface area contributed by atoms with Gasteiger partial charge in [-0.15, -0.1) is 0 Å². The average Bonchev–Trinajstić information content (AvgIpc) is 2.63. The van der Waals surface area contributed by atoms with Gasteiger partial charge in [0.05, 0.1) is 6.54 Å². The molecule has 3 aromatic rings. The van der Waals surface area contributed by atoms with Crippen LogP contribution in [0.3, 0.4) is 0 Å². The van der Waals surface area contributed by atoms with Gasteiger partial charge in [-0.2, -0.15) is 0 Å². The number of amides is 1. The van der Waals surface area contributed by atoms with Crippen molar-refractivity contribution in [3.8, 4) is 0 Å². The van der Waals surface area contributed by atoms with Crippen LogP contribution in [0.2, 0.25) is 10.0 Å². The van der Waals surface area contributed by atoms with Crippen molar-refractivity contribution in [1.82, 2.24) is 9.55 Å². The fraction of sp³-hybridized carbons (Fsp3) is 0.105. The third-order valence-electron chi connectivity index (χ3n) is 4.04. The molecule has 0 radical (unpaired) electrons. The molecule has 0 bridgehead atoms. The van der Waals surface area contributed by atoms with Gasteiger partial charge >= 0.3 is 5.69 Å². The Morgan fingerprint density at radius 2 is 1.89 bits per heavy atom. The number of nitrogens with zero attached hydrogens (tertiary/aromatic N) is 1. The number of rotatable bonds is 4. The minimum absolute atomic E-state index is 0.0504. The summed E-state index contributed by atoms with van der Waals surface area (Å²) in [7, 11) is 0. The lowest BCUT2D eigenvalue weighted by Crippen LogP contribution is -2.39. The van der Waals surface area contributed by atoms with E-state index in [1.54, 1.807) is 49.4 Å². The third-order valence-corrected chi connectivity index (χ3v) is 4.64. The van der Waals surface area contributed by atoms with Crippen molar-refractivity contribution in [1.29, 1.82) is 0 Å². The van der Waals surface area contributed by atoms with Crippen molar-refractivity contribution in [2.45, 2.75) is 13.5 Å². The number of hydrogen-bond acceptors (Lipinski definition) is 3. The maximum Gasteiger partial charge on any atom is 0.328 e. The molecule has 0 aliphatic heterocycles. The molecule has 1 amide bonds. The maximum atomic E-state index is 12.7. The Morgan fingerprint density at radius 1 is 1.15 bits per heavy atom. The second kappa shape index (κ2) is 7.82. The summed E-state index contributed by atoms with van der Waals surface area (Å²) in [6.07, 6.45) is 1.10. The smallest absolute Gasteiger partial charge is 0.321 e. The summed E-state index contributed by atoms with van der Waals surface area (Å²) in [5, 5.41) is 3.52. The van der Waals surface area contributed by atoms with E-state index in [0.29, 0.717) is 21.3 Å². The molecule has 1 heterocycles. The molecule has 3 rings (SSSR count). The molecule has 0 saturated carbocycles. The predicted molar refractivity (Wildman–Crippen MR) is 106 cm³/mol. The van der Waals surface area contributed by atoms with Gasteiger partial charge < -0.3 is 10.3 Å². The van der Waals surface area contributed by atoms with Crippen molar-refractivity contribution < 1.29 is 4.79 Å². The number of carbonyl (C=O) groups excluding carboxylic acids is 1. The SMILES string of the molecule is Cc1ccc(Cl)cc1NC(=O)c1c[nH]c(=O)n(Cc2ccccc2Cl)c1=O. The lowest BCUT2D eigenvalue weighted by Gasteiger charge is -2.10. The van der Waals surface area contributed by atoms with E-state index in [1.807, 2.05) is 0 Å². The van der Waals surface area contributed by atoms with E-state index >= 15 is 0 Å². The molecule has 0 aliphatic carbocycles. The molecule has 2 aromatic carbocycles. The van der Waals surface area contributed by atoms with Crippen molar-refractivity contribution in [3.63, 3.8) is 0 Å². The molecular formula is C19H15Cl2N3O3. The number of aryl methyl sites for hydroxylation is 1. The van der Waals surface area contributed by atoms with E-state index < -0.39 is 17.2 Å². The number of anilines is 1. The molecule has 1 aromatic heterocycles. The summed E-state index contributed by atoms with van der Waals surface area (Å²) in [6, 6.07) is 11.9. The van der Waals surface area contributed by atoms with Gasteiger partial charge in [-0.25, -0.2) is 4.79 Å². The molecule has 0 spiro atoms. The Bertz CT molecular complexity index is 1140. The fourth-order valence-corrected chi connectivity index (χ4v) is 2.90. The molecule has 0 unspecified atom stereocenters. The normalized spacial score (nSPS) is 10.6. The molecule has 138 valence electrons. The van der Waals surface area contributed by atoms with E-state index in [2.05, 4.69) is 10.3 Å². The van der Waals surface area contributed by atoms with Gasteiger partial charge in [0, 0.05) is 21.9 Å². The highest BCUT2D eigenvalue weighted by Crippen LogP contribution is 2.20. The van der Waals surface area contributed by atoms with Crippen LogP contribution in [0.4, 0.5) is 5.69 Å². The number of hydrogen-bond donors (Lipinski definition) is 2. The van der Waals surface area contributed by atoms with Gasteiger partial charge in [-0.3, -0.25) is 14.2 Å². The number of aromatic nitrogens is 2. The zero-order chi connectivity index (χ0) is 19.6. The number of halogens is 2. The first kappa shape index (κ1) is 18.9. The Labute approximate surface area is 164 Å². The number of carbonyl (C=O) groups is 1. The maximum absolute atomic E-state index is 12.7.